The van der Waals surface area contributed by atoms with Gasteiger partial charge in [0, 0.05) is 22.7 Å². The SMILES string of the molecule is CCC/C(C#N)=C(\CCC)c1cn(C(=O)OC)c2ccccc12. The molecule has 23 heavy (non-hydrogen) atoms. The summed E-state index contributed by atoms with van der Waals surface area (Å²) in [6.45, 7) is 4.17. The van der Waals surface area contributed by atoms with E-state index >= 15 is 0 Å². The standard InChI is InChI=1S/C19H22N2O2/c1-4-8-14(12-20)15(9-5-2)17-13-21(19(22)23-3)18-11-7-6-10-16(17)18/h6-7,10-11,13H,4-5,8-9H2,1-3H3/b15-14-. The zero-order valence-corrected chi connectivity index (χ0v) is 13.9. The maximum absolute atomic E-state index is 12.0. The Balaban J connectivity index is 2.74. The number of fused-ring (bicyclic) bond motifs is 1. The van der Waals surface area contributed by atoms with Gasteiger partial charge in [-0.15, -0.1) is 0 Å². The number of rotatable bonds is 5. The number of benzene rings is 1. The predicted octanol–water partition coefficient (Wildman–Crippen LogP) is 5.13. The van der Waals surface area contributed by atoms with Gasteiger partial charge in [0.1, 0.15) is 0 Å². The number of nitriles is 1. The molecular weight excluding hydrogens is 288 g/mol. The molecule has 0 saturated carbocycles. The summed E-state index contributed by atoms with van der Waals surface area (Å²) in [6, 6.07) is 10.1. The zero-order chi connectivity index (χ0) is 16.8. The second kappa shape index (κ2) is 7.64. The second-order valence-electron chi connectivity index (χ2n) is 5.47. The third-order valence-electron chi connectivity index (χ3n) is 3.91. The molecule has 1 aromatic heterocycles. The van der Waals surface area contributed by atoms with Crippen LogP contribution in [0.5, 0.6) is 0 Å². The Morgan fingerprint density at radius 2 is 1.91 bits per heavy atom. The lowest BCUT2D eigenvalue weighted by Gasteiger charge is -2.09. The lowest BCUT2D eigenvalue weighted by Crippen LogP contribution is -2.09. The Labute approximate surface area is 137 Å². The molecular formula is C19H22N2O2. The first-order valence-electron chi connectivity index (χ1n) is 7.98. The zero-order valence-electron chi connectivity index (χ0n) is 13.9. The van der Waals surface area contributed by atoms with E-state index in [1.807, 2.05) is 24.3 Å². The van der Waals surface area contributed by atoms with Gasteiger partial charge in [-0.25, -0.2) is 4.79 Å². The summed E-state index contributed by atoms with van der Waals surface area (Å²) in [5.41, 5.74) is 3.60. The van der Waals surface area contributed by atoms with Crippen molar-refractivity contribution in [1.82, 2.24) is 4.57 Å². The van der Waals surface area contributed by atoms with Gasteiger partial charge in [-0.1, -0.05) is 44.9 Å². The molecule has 0 N–H and O–H groups in total. The fourth-order valence-corrected chi connectivity index (χ4v) is 2.89. The number of nitrogens with zero attached hydrogens (tertiary/aromatic N) is 2. The molecule has 0 bridgehead atoms. The van der Waals surface area contributed by atoms with Crippen molar-refractivity contribution in [2.45, 2.75) is 39.5 Å². The van der Waals surface area contributed by atoms with E-state index < -0.39 is 6.09 Å². The number of aromatic nitrogens is 1. The Morgan fingerprint density at radius 3 is 2.52 bits per heavy atom. The van der Waals surface area contributed by atoms with Crippen LogP contribution in [0.4, 0.5) is 4.79 Å². The Morgan fingerprint density at radius 1 is 1.22 bits per heavy atom. The monoisotopic (exact) mass is 310 g/mol. The van der Waals surface area contributed by atoms with Crippen LogP contribution in [0.2, 0.25) is 0 Å². The van der Waals surface area contributed by atoms with Crippen LogP contribution in [0, 0.1) is 11.3 Å². The maximum atomic E-state index is 12.0. The largest absolute Gasteiger partial charge is 0.452 e. The molecule has 0 unspecified atom stereocenters. The first-order valence-corrected chi connectivity index (χ1v) is 7.98. The minimum Gasteiger partial charge on any atom is -0.452 e. The van der Waals surface area contributed by atoms with Crippen LogP contribution in [0.3, 0.4) is 0 Å². The van der Waals surface area contributed by atoms with Crippen molar-refractivity contribution in [2.75, 3.05) is 7.11 Å². The number of methoxy groups -OCH3 is 1. The number of ether oxygens (including phenoxy) is 1. The van der Waals surface area contributed by atoms with Gasteiger partial charge in [-0.2, -0.15) is 5.26 Å². The summed E-state index contributed by atoms with van der Waals surface area (Å²) in [5, 5.41) is 10.5. The van der Waals surface area contributed by atoms with Gasteiger partial charge in [0.05, 0.1) is 18.7 Å². The Kier molecular flexibility index (Phi) is 5.59. The van der Waals surface area contributed by atoms with Gasteiger partial charge in [0.2, 0.25) is 0 Å². The number of hydrogen-bond acceptors (Lipinski definition) is 3. The van der Waals surface area contributed by atoms with Gasteiger partial charge in [0.15, 0.2) is 0 Å². The number of allylic oxidation sites excluding steroid dienone is 2. The molecule has 0 saturated heterocycles. The highest BCUT2D eigenvalue weighted by atomic mass is 16.5. The summed E-state index contributed by atoms with van der Waals surface area (Å²) in [5.74, 6) is 0. The van der Waals surface area contributed by atoms with E-state index in [1.54, 1.807) is 6.20 Å². The summed E-state index contributed by atoms with van der Waals surface area (Å²) < 4.78 is 6.39. The Bertz CT molecular complexity index is 778. The molecule has 0 fully saturated rings. The number of para-hydroxylation sites is 1. The number of carbonyl (C=O) groups excluding carboxylic acids is 1. The lowest BCUT2D eigenvalue weighted by atomic mass is 9.94. The molecule has 0 radical (unpaired) electrons. The topological polar surface area (TPSA) is 55.0 Å². The van der Waals surface area contributed by atoms with Crippen molar-refractivity contribution in [3.8, 4) is 6.07 Å². The van der Waals surface area contributed by atoms with Crippen molar-refractivity contribution in [3.05, 3.63) is 41.6 Å². The summed E-state index contributed by atoms with van der Waals surface area (Å²) in [7, 11) is 1.37. The van der Waals surface area contributed by atoms with E-state index in [2.05, 4.69) is 19.9 Å². The molecule has 4 nitrogen and oxygen atoms in total. The van der Waals surface area contributed by atoms with E-state index in [0.29, 0.717) is 0 Å². The van der Waals surface area contributed by atoms with Crippen LogP contribution >= 0.6 is 0 Å². The fraction of sp³-hybridized carbons (Fsp3) is 0.368. The van der Waals surface area contributed by atoms with Gasteiger partial charge in [-0.05, 0) is 24.5 Å². The molecule has 2 rings (SSSR count). The van der Waals surface area contributed by atoms with Gasteiger partial charge >= 0.3 is 6.09 Å². The smallest absolute Gasteiger partial charge is 0.418 e. The normalized spacial score (nSPS) is 11.9. The van der Waals surface area contributed by atoms with Crippen LogP contribution < -0.4 is 0 Å². The lowest BCUT2D eigenvalue weighted by molar-refractivity contribution is 0.174. The fourth-order valence-electron chi connectivity index (χ4n) is 2.89. The van der Waals surface area contributed by atoms with Crippen LogP contribution in [-0.2, 0) is 4.74 Å². The highest BCUT2D eigenvalue weighted by Gasteiger charge is 2.18. The first kappa shape index (κ1) is 16.8. The maximum Gasteiger partial charge on any atom is 0.418 e. The van der Waals surface area contributed by atoms with Gasteiger partial charge in [-0.3, -0.25) is 4.57 Å². The predicted molar refractivity (Wildman–Crippen MR) is 92.1 cm³/mol. The van der Waals surface area contributed by atoms with Crippen molar-refractivity contribution in [3.63, 3.8) is 0 Å². The molecule has 0 atom stereocenters. The average Bonchev–Trinajstić information content (AvgIpc) is 2.97. The molecule has 0 spiro atoms. The molecule has 1 aromatic carbocycles. The van der Waals surface area contributed by atoms with E-state index in [1.165, 1.54) is 11.7 Å². The number of hydrogen-bond donors (Lipinski definition) is 0. The van der Waals surface area contributed by atoms with Crippen LogP contribution in [0.25, 0.3) is 16.5 Å². The summed E-state index contributed by atoms with van der Waals surface area (Å²) >= 11 is 0. The van der Waals surface area contributed by atoms with Gasteiger partial charge < -0.3 is 4.74 Å². The molecule has 0 aliphatic carbocycles. The molecule has 0 aliphatic heterocycles. The van der Waals surface area contributed by atoms with E-state index in [9.17, 15) is 10.1 Å². The molecule has 0 aliphatic rings. The van der Waals surface area contributed by atoms with E-state index in [0.717, 1.165) is 53.3 Å². The molecule has 1 heterocycles. The van der Waals surface area contributed by atoms with Crippen molar-refractivity contribution < 1.29 is 9.53 Å². The van der Waals surface area contributed by atoms with Crippen LogP contribution in [-0.4, -0.2) is 17.8 Å². The quantitative estimate of drug-likeness (QED) is 0.719. The summed E-state index contributed by atoms with van der Waals surface area (Å²) in [4.78, 5) is 12.0. The second-order valence-corrected chi connectivity index (χ2v) is 5.47. The van der Waals surface area contributed by atoms with Crippen LogP contribution in [0.1, 0.15) is 45.1 Å². The highest BCUT2D eigenvalue weighted by Crippen LogP contribution is 2.33. The molecule has 0 amide bonds. The van der Waals surface area contributed by atoms with Crippen LogP contribution in [0.15, 0.2) is 36.0 Å². The third kappa shape index (κ3) is 3.29. The average molecular weight is 310 g/mol. The van der Waals surface area contributed by atoms with Gasteiger partial charge in [0.25, 0.3) is 0 Å². The molecule has 4 heteroatoms. The minimum atomic E-state index is -0.419. The molecule has 120 valence electrons. The van der Waals surface area contributed by atoms with Crippen molar-refractivity contribution in [2.24, 2.45) is 0 Å². The molecule has 2 aromatic rings. The van der Waals surface area contributed by atoms with Crippen molar-refractivity contribution in [1.29, 1.82) is 5.26 Å². The third-order valence-corrected chi connectivity index (χ3v) is 3.91. The minimum absolute atomic E-state index is 0.419. The van der Waals surface area contributed by atoms with E-state index in [-0.39, 0.29) is 0 Å². The Hall–Kier alpha value is -2.54. The van der Waals surface area contributed by atoms with E-state index in [4.69, 9.17) is 4.74 Å². The van der Waals surface area contributed by atoms with Crippen molar-refractivity contribution >= 4 is 22.6 Å². The highest BCUT2D eigenvalue weighted by molar-refractivity contribution is 5.98. The first-order chi connectivity index (χ1) is 11.2. The summed E-state index contributed by atoms with van der Waals surface area (Å²) in [6.07, 6.45) is 4.82. The number of carbonyl (C=O) groups is 1.